The molecule has 0 amide bonds. The molecule has 3 heteroatoms. The molecule has 260 valence electrons. The number of benzene rings is 5. The van der Waals surface area contributed by atoms with Crippen molar-refractivity contribution in [3.05, 3.63) is 149 Å². The third kappa shape index (κ3) is 6.39. The minimum Gasteiger partial charge on any atom is -0.403 e. The van der Waals surface area contributed by atoms with E-state index in [4.69, 9.17) is 22.3 Å². The summed E-state index contributed by atoms with van der Waals surface area (Å²) in [6.07, 6.45) is 17.6. The molecule has 2 aliphatic rings. The van der Waals surface area contributed by atoms with E-state index >= 15 is 0 Å². The second-order valence-electron chi connectivity index (χ2n) is 13.1. The van der Waals surface area contributed by atoms with E-state index in [-0.39, 0.29) is 0 Å². The van der Waals surface area contributed by atoms with Gasteiger partial charge in [0.05, 0.1) is 11.1 Å². The van der Waals surface area contributed by atoms with Crippen LogP contribution in [0.25, 0.3) is 44.6 Å². The van der Waals surface area contributed by atoms with Gasteiger partial charge in [0.15, 0.2) is 11.5 Å². The first kappa shape index (κ1) is 35.4. The predicted octanol–water partition coefficient (Wildman–Crippen LogP) is 9.34. The first-order valence-electron chi connectivity index (χ1n) is 17.9. The standard InChI is InChI=1S/C54H27NO2/c1-5-7-9-11-13-19-30-56-52-36-46-44-32-38(3)39(4)33-49(44)54(50(46)37-53(52)57-31-20-14-12-10-8-6-2)47-25-16-15-24-43(47)45-35-41(27-28-48(45)54)40-22-21-23-42(34-40)51-26-17-18-29-55-51/h1-2,15-18,21-29,32-37H,3-4H3. The molecule has 1 heterocycles. The molecule has 0 saturated carbocycles. The van der Waals surface area contributed by atoms with Gasteiger partial charge in [-0.15, -0.1) is 12.8 Å². The van der Waals surface area contributed by atoms with Crippen LogP contribution in [-0.4, -0.2) is 4.98 Å². The average molecular weight is 722 g/mol. The van der Waals surface area contributed by atoms with Crippen LogP contribution in [0.5, 0.6) is 11.5 Å². The minimum atomic E-state index is -0.676. The number of nitrogens with zero attached hydrogens (tertiary/aromatic N) is 1. The number of pyridine rings is 1. The fourth-order valence-electron chi connectivity index (χ4n) is 7.65. The predicted molar refractivity (Wildman–Crippen MR) is 226 cm³/mol. The smallest absolute Gasteiger partial charge is 0.184 e. The molecule has 0 saturated heterocycles. The summed E-state index contributed by atoms with van der Waals surface area (Å²) in [7, 11) is 0. The van der Waals surface area contributed by atoms with E-state index in [0.29, 0.717) is 11.5 Å². The van der Waals surface area contributed by atoms with Crippen molar-refractivity contribution in [2.45, 2.75) is 19.3 Å². The molecule has 8 rings (SSSR count). The molecule has 0 radical (unpaired) electrons. The van der Waals surface area contributed by atoms with Gasteiger partial charge >= 0.3 is 0 Å². The molecular weight excluding hydrogens is 695 g/mol. The fraction of sp³-hybridized carbons (Fsp3) is 0.0556. The monoisotopic (exact) mass is 721 g/mol. The van der Waals surface area contributed by atoms with Crippen LogP contribution in [0.1, 0.15) is 33.4 Å². The van der Waals surface area contributed by atoms with Gasteiger partial charge in [-0.3, -0.25) is 4.98 Å². The summed E-state index contributed by atoms with van der Waals surface area (Å²) in [4.78, 5) is 4.59. The summed E-state index contributed by atoms with van der Waals surface area (Å²) >= 11 is 0. The van der Waals surface area contributed by atoms with Crippen molar-refractivity contribution in [1.29, 1.82) is 0 Å². The van der Waals surface area contributed by atoms with Crippen LogP contribution >= 0.6 is 0 Å². The number of aromatic nitrogens is 1. The van der Waals surface area contributed by atoms with Gasteiger partial charge in [-0.1, -0.05) is 72.8 Å². The summed E-state index contributed by atoms with van der Waals surface area (Å²) in [6.45, 7) is 4.29. The van der Waals surface area contributed by atoms with Gasteiger partial charge in [0.2, 0.25) is 0 Å². The lowest BCUT2D eigenvalue weighted by Crippen LogP contribution is -2.26. The Hall–Kier alpha value is -8.67. The normalized spacial score (nSPS) is 12.6. The molecule has 0 N–H and O–H groups in total. The quantitative estimate of drug-likeness (QED) is 0.170. The first-order valence-corrected chi connectivity index (χ1v) is 17.9. The van der Waals surface area contributed by atoms with Crippen LogP contribution in [0.2, 0.25) is 0 Å². The summed E-state index contributed by atoms with van der Waals surface area (Å²) in [5.74, 6) is 31.0. The van der Waals surface area contributed by atoms with E-state index in [9.17, 15) is 0 Å². The molecule has 3 nitrogen and oxygen atoms in total. The van der Waals surface area contributed by atoms with E-state index < -0.39 is 5.41 Å². The van der Waals surface area contributed by atoms with Gasteiger partial charge in [-0.25, -0.2) is 0 Å². The summed E-state index contributed by atoms with van der Waals surface area (Å²) in [5, 5.41) is 0. The third-order valence-corrected chi connectivity index (χ3v) is 10.1. The highest BCUT2D eigenvalue weighted by atomic mass is 16.5. The van der Waals surface area contributed by atoms with Gasteiger partial charge in [-0.2, -0.15) is 0 Å². The Kier molecular flexibility index (Phi) is 9.53. The highest BCUT2D eigenvalue weighted by molar-refractivity contribution is 5.97. The van der Waals surface area contributed by atoms with E-state index in [2.05, 4.69) is 181 Å². The maximum absolute atomic E-state index is 6.10. The largest absolute Gasteiger partial charge is 0.403 e. The number of terminal acetylenes is 2. The van der Waals surface area contributed by atoms with E-state index in [1.807, 2.05) is 36.5 Å². The van der Waals surface area contributed by atoms with Crippen molar-refractivity contribution in [1.82, 2.24) is 4.98 Å². The number of fused-ring (bicyclic) bond motifs is 10. The fourth-order valence-corrected chi connectivity index (χ4v) is 7.65. The SMILES string of the molecule is C#CC#CC#CC#COc1cc2c(cc1OC#CC#CC#CC#C)C1(c3ccccc3-c3cc(-c4cccc(-c5ccccn5)c4)ccc31)c1cc(C)c(C)cc1-2. The van der Waals surface area contributed by atoms with Crippen LogP contribution in [0.15, 0.2) is 115 Å². The minimum absolute atomic E-state index is 0.363. The lowest BCUT2D eigenvalue weighted by atomic mass is 9.70. The molecule has 1 spiro atoms. The van der Waals surface area contributed by atoms with Crippen LogP contribution < -0.4 is 9.47 Å². The Bertz CT molecular complexity index is 3160. The number of rotatable bonds is 4. The molecule has 1 aromatic heterocycles. The molecule has 1 atom stereocenters. The summed E-state index contributed by atoms with van der Waals surface area (Å²) < 4.78 is 12.1. The second-order valence-corrected chi connectivity index (χ2v) is 13.1. The molecular formula is C54H27NO2. The van der Waals surface area contributed by atoms with Gasteiger partial charge in [0, 0.05) is 47.3 Å². The highest BCUT2D eigenvalue weighted by Crippen LogP contribution is 2.64. The van der Waals surface area contributed by atoms with Crippen molar-refractivity contribution in [2.75, 3.05) is 0 Å². The molecule has 5 aromatic carbocycles. The molecule has 1 unspecified atom stereocenters. The lowest BCUT2D eigenvalue weighted by molar-refractivity contribution is 0.451. The molecule has 2 aliphatic carbocycles. The Balaban J connectivity index is 1.33. The average Bonchev–Trinajstić information content (AvgIpc) is 3.68. The number of ether oxygens (including phenoxy) is 2. The molecule has 0 fully saturated rings. The number of aryl methyl sites for hydroxylation is 2. The van der Waals surface area contributed by atoms with Crippen LogP contribution in [0.3, 0.4) is 0 Å². The van der Waals surface area contributed by atoms with Crippen molar-refractivity contribution in [3.8, 4) is 152 Å². The Morgan fingerprint density at radius 1 is 0.456 bits per heavy atom. The Morgan fingerprint density at radius 3 is 1.77 bits per heavy atom. The lowest BCUT2D eigenvalue weighted by Gasteiger charge is -2.31. The van der Waals surface area contributed by atoms with Crippen molar-refractivity contribution in [3.63, 3.8) is 0 Å². The van der Waals surface area contributed by atoms with Gasteiger partial charge in [0.1, 0.15) is 12.2 Å². The summed E-state index contributed by atoms with van der Waals surface area (Å²) in [6, 6.07) is 38.5. The van der Waals surface area contributed by atoms with Crippen molar-refractivity contribution in [2.24, 2.45) is 0 Å². The number of hydrogen-bond donors (Lipinski definition) is 0. The van der Waals surface area contributed by atoms with E-state index in [0.717, 1.165) is 50.2 Å². The highest BCUT2D eigenvalue weighted by Gasteiger charge is 2.52. The maximum Gasteiger partial charge on any atom is 0.184 e. The zero-order chi connectivity index (χ0) is 39.2. The van der Waals surface area contributed by atoms with Gasteiger partial charge in [-0.05, 0) is 153 Å². The summed E-state index contributed by atoms with van der Waals surface area (Å²) in [5.41, 5.74) is 14.9. The van der Waals surface area contributed by atoms with Gasteiger partial charge < -0.3 is 9.47 Å². The molecule has 0 aliphatic heterocycles. The molecule has 57 heavy (non-hydrogen) atoms. The second kappa shape index (κ2) is 15.4. The topological polar surface area (TPSA) is 31.4 Å². The zero-order valence-corrected chi connectivity index (χ0v) is 30.9. The zero-order valence-electron chi connectivity index (χ0n) is 30.9. The van der Waals surface area contributed by atoms with Crippen LogP contribution in [0, 0.1) is 110 Å². The third-order valence-electron chi connectivity index (χ3n) is 10.1. The van der Waals surface area contributed by atoms with Crippen molar-refractivity contribution >= 4 is 0 Å². The van der Waals surface area contributed by atoms with Gasteiger partial charge in [0.25, 0.3) is 0 Å². The van der Waals surface area contributed by atoms with Crippen molar-refractivity contribution < 1.29 is 9.47 Å². The molecule has 0 bridgehead atoms. The van der Waals surface area contributed by atoms with Crippen LogP contribution in [0.4, 0.5) is 0 Å². The Labute approximate surface area is 333 Å². The first-order chi connectivity index (χ1) is 28.0. The van der Waals surface area contributed by atoms with Crippen LogP contribution in [-0.2, 0) is 5.41 Å². The Morgan fingerprint density at radius 2 is 1.04 bits per heavy atom. The maximum atomic E-state index is 6.10. The number of hydrogen-bond acceptors (Lipinski definition) is 3. The van der Waals surface area contributed by atoms with E-state index in [1.165, 1.54) is 27.8 Å². The van der Waals surface area contributed by atoms with E-state index in [1.54, 1.807) is 0 Å². The molecule has 6 aromatic rings.